The highest BCUT2D eigenvalue weighted by atomic mass is 16.2. The lowest BCUT2D eigenvalue weighted by Crippen LogP contribution is -2.37. The number of aliphatic hydroxyl groups is 1. The Kier molecular flexibility index (Phi) is 4.58. The third-order valence-electron chi connectivity index (χ3n) is 2.38. The summed E-state index contributed by atoms with van der Waals surface area (Å²) in [6, 6.07) is 1.20. The predicted octanol–water partition coefficient (Wildman–Crippen LogP) is 0.0989. The first-order valence-electron chi connectivity index (χ1n) is 4.90. The van der Waals surface area contributed by atoms with Crippen LogP contribution in [0.1, 0.15) is 26.2 Å². The van der Waals surface area contributed by atoms with Crippen molar-refractivity contribution in [3.8, 4) is 0 Å². The van der Waals surface area contributed by atoms with Crippen LogP contribution in [0.5, 0.6) is 0 Å². The lowest BCUT2D eigenvalue weighted by Gasteiger charge is -2.17. The highest BCUT2D eigenvalue weighted by molar-refractivity contribution is 4.79. The van der Waals surface area contributed by atoms with Gasteiger partial charge in [-0.15, -0.1) is 0 Å². The van der Waals surface area contributed by atoms with E-state index in [1.807, 2.05) is 0 Å². The normalized spacial score (nSPS) is 26.0. The van der Waals surface area contributed by atoms with Crippen LogP contribution in [0.2, 0.25) is 0 Å². The standard InChI is InChI=1S/C9H20N2O/c1-8(3-2-6-12)11-9-4-5-10-7-9/h8-12H,2-7H2,1H3. The molecule has 3 heteroatoms. The van der Waals surface area contributed by atoms with Gasteiger partial charge in [0.1, 0.15) is 0 Å². The molecule has 2 atom stereocenters. The zero-order valence-electron chi connectivity index (χ0n) is 7.84. The third-order valence-corrected chi connectivity index (χ3v) is 2.38. The van der Waals surface area contributed by atoms with Gasteiger partial charge < -0.3 is 15.7 Å². The van der Waals surface area contributed by atoms with E-state index in [0.717, 1.165) is 25.9 Å². The molecule has 0 spiro atoms. The maximum absolute atomic E-state index is 8.64. The summed E-state index contributed by atoms with van der Waals surface area (Å²) in [4.78, 5) is 0. The fourth-order valence-corrected chi connectivity index (χ4v) is 1.68. The van der Waals surface area contributed by atoms with Crippen molar-refractivity contribution in [3.63, 3.8) is 0 Å². The molecule has 3 nitrogen and oxygen atoms in total. The lowest BCUT2D eigenvalue weighted by molar-refractivity contribution is 0.274. The fraction of sp³-hybridized carbons (Fsp3) is 1.00. The molecule has 1 saturated heterocycles. The van der Waals surface area contributed by atoms with Gasteiger partial charge in [-0.3, -0.25) is 0 Å². The van der Waals surface area contributed by atoms with E-state index in [1.165, 1.54) is 6.42 Å². The van der Waals surface area contributed by atoms with E-state index in [1.54, 1.807) is 0 Å². The molecule has 12 heavy (non-hydrogen) atoms. The minimum atomic E-state index is 0.314. The molecule has 72 valence electrons. The molecule has 0 aromatic heterocycles. The molecule has 0 aliphatic carbocycles. The van der Waals surface area contributed by atoms with E-state index < -0.39 is 0 Å². The SMILES string of the molecule is CC(CCCO)NC1CCNC1. The number of hydrogen-bond donors (Lipinski definition) is 3. The van der Waals surface area contributed by atoms with E-state index in [9.17, 15) is 0 Å². The Morgan fingerprint density at radius 1 is 1.67 bits per heavy atom. The van der Waals surface area contributed by atoms with Gasteiger partial charge in [0.2, 0.25) is 0 Å². The van der Waals surface area contributed by atoms with Gasteiger partial charge >= 0.3 is 0 Å². The van der Waals surface area contributed by atoms with Gasteiger partial charge in [0.15, 0.2) is 0 Å². The van der Waals surface area contributed by atoms with Gasteiger partial charge in [0.05, 0.1) is 0 Å². The summed E-state index contributed by atoms with van der Waals surface area (Å²) in [6.45, 7) is 4.75. The smallest absolute Gasteiger partial charge is 0.0431 e. The second-order valence-corrected chi connectivity index (χ2v) is 3.62. The van der Waals surface area contributed by atoms with E-state index >= 15 is 0 Å². The first-order valence-corrected chi connectivity index (χ1v) is 4.90. The van der Waals surface area contributed by atoms with Crippen LogP contribution < -0.4 is 10.6 Å². The van der Waals surface area contributed by atoms with Crippen molar-refractivity contribution in [1.29, 1.82) is 0 Å². The summed E-state index contributed by atoms with van der Waals surface area (Å²) in [6.07, 6.45) is 3.23. The highest BCUT2D eigenvalue weighted by Crippen LogP contribution is 2.02. The third kappa shape index (κ3) is 3.52. The maximum atomic E-state index is 8.64. The molecule has 3 N–H and O–H groups in total. The van der Waals surface area contributed by atoms with Crippen molar-refractivity contribution in [2.75, 3.05) is 19.7 Å². The molecule has 0 radical (unpaired) electrons. The average molecular weight is 172 g/mol. The molecule has 2 unspecified atom stereocenters. The fourth-order valence-electron chi connectivity index (χ4n) is 1.68. The second kappa shape index (κ2) is 5.51. The highest BCUT2D eigenvalue weighted by Gasteiger charge is 2.15. The molecule has 0 aromatic rings. The minimum Gasteiger partial charge on any atom is -0.396 e. The first kappa shape index (κ1) is 9.96. The lowest BCUT2D eigenvalue weighted by atomic mass is 10.1. The average Bonchev–Trinajstić information content (AvgIpc) is 2.53. The number of rotatable bonds is 5. The van der Waals surface area contributed by atoms with Gasteiger partial charge in [-0.1, -0.05) is 0 Å². The Hall–Kier alpha value is -0.120. The van der Waals surface area contributed by atoms with Crippen molar-refractivity contribution < 1.29 is 5.11 Å². The molecule has 1 aliphatic rings. The Morgan fingerprint density at radius 2 is 2.50 bits per heavy atom. The summed E-state index contributed by atoms with van der Waals surface area (Å²) in [7, 11) is 0. The molecule has 1 rings (SSSR count). The number of hydrogen-bond acceptors (Lipinski definition) is 3. The van der Waals surface area contributed by atoms with Crippen LogP contribution in [0.4, 0.5) is 0 Å². The van der Waals surface area contributed by atoms with Crippen LogP contribution in [-0.4, -0.2) is 36.9 Å². The molecule has 1 heterocycles. The molecule has 0 bridgehead atoms. The molecular weight excluding hydrogens is 152 g/mol. The van der Waals surface area contributed by atoms with Crippen molar-refractivity contribution >= 4 is 0 Å². The van der Waals surface area contributed by atoms with E-state index in [2.05, 4.69) is 17.6 Å². The van der Waals surface area contributed by atoms with Crippen LogP contribution in [0.15, 0.2) is 0 Å². The summed E-state index contributed by atoms with van der Waals surface area (Å²) >= 11 is 0. The second-order valence-electron chi connectivity index (χ2n) is 3.62. The van der Waals surface area contributed by atoms with Gasteiger partial charge in [-0.25, -0.2) is 0 Å². The topological polar surface area (TPSA) is 44.3 Å². The maximum Gasteiger partial charge on any atom is 0.0431 e. The summed E-state index contributed by atoms with van der Waals surface area (Å²) < 4.78 is 0. The largest absolute Gasteiger partial charge is 0.396 e. The molecule has 0 aromatic carbocycles. The molecular formula is C9H20N2O. The Labute approximate surface area is 74.5 Å². The van der Waals surface area contributed by atoms with Crippen LogP contribution in [-0.2, 0) is 0 Å². The van der Waals surface area contributed by atoms with Gasteiger partial charge in [-0.2, -0.15) is 0 Å². The number of aliphatic hydroxyl groups excluding tert-OH is 1. The zero-order valence-corrected chi connectivity index (χ0v) is 7.84. The minimum absolute atomic E-state index is 0.314. The Morgan fingerprint density at radius 3 is 3.08 bits per heavy atom. The van der Waals surface area contributed by atoms with Gasteiger partial charge in [0.25, 0.3) is 0 Å². The monoisotopic (exact) mass is 172 g/mol. The molecule has 0 amide bonds. The van der Waals surface area contributed by atoms with Crippen LogP contribution in [0.3, 0.4) is 0 Å². The van der Waals surface area contributed by atoms with Gasteiger partial charge in [-0.05, 0) is 32.7 Å². The first-order chi connectivity index (χ1) is 5.83. The summed E-state index contributed by atoms with van der Waals surface area (Å²) in [5.41, 5.74) is 0. The van der Waals surface area contributed by atoms with Crippen molar-refractivity contribution in [2.45, 2.75) is 38.3 Å². The number of nitrogens with one attached hydrogen (secondary N) is 2. The quantitative estimate of drug-likeness (QED) is 0.551. The zero-order chi connectivity index (χ0) is 8.81. The summed E-state index contributed by atoms with van der Waals surface area (Å²) in [5.74, 6) is 0. The molecule has 1 aliphatic heterocycles. The Bertz CT molecular complexity index is 113. The van der Waals surface area contributed by atoms with Crippen molar-refractivity contribution in [3.05, 3.63) is 0 Å². The Balaban J connectivity index is 2.03. The predicted molar refractivity (Wildman–Crippen MR) is 50.2 cm³/mol. The summed E-state index contributed by atoms with van der Waals surface area (Å²) in [5, 5.41) is 15.5. The van der Waals surface area contributed by atoms with E-state index in [4.69, 9.17) is 5.11 Å². The van der Waals surface area contributed by atoms with Crippen molar-refractivity contribution in [1.82, 2.24) is 10.6 Å². The van der Waals surface area contributed by atoms with Crippen LogP contribution in [0, 0.1) is 0 Å². The molecule has 1 fully saturated rings. The van der Waals surface area contributed by atoms with Crippen LogP contribution >= 0.6 is 0 Å². The van der Waals surface area contributed by atoms with Crippen molar-refractivity contribution in [2.24, 2.45) is 0 Å². The van der Waals surface area contributed by atoms with E-state index in [0.29, 0.717) is 18.7 Å². The van der Waals surface area contributed by atoms with Crippen LogP contribution in [0.25, 0.3) is 0 Å². The van der Waals surface area contributed by atoms with E-state index in [-0.39, 0.29) is 0 Å². The molecule has 0 saturated carbocycles. The van der Waals surface area contributed by atoms with Gasteiger partial charge in [0, 0.05) is 25.2 Å².